The number of rotatable bonds is 2. The van der Waals surface area contributed by atoms with Crippen LogP contribution in [0.15, 0.2) is 48.5 Å². The highest BCUT2D eigenvalue weighted by Gasteiger charge is 2.10. The summed E-state index contributed by atoms with van der Waals surface area (Å²) in [6.07, 6.45) is 0. The quantitative estimate of drug-likeness (QED) is 0.818. The molecule has 2 rings (SSSR count). The Morgan fingerprint density at radius 1 is 1.19 bits per heavy atom. The van der Waals surface area contributed by atoms with Crippen LogP contribution >= 0.6 is 0 Å². The van der Waals surface area contributed by atoms with Crippen molar-refractivity contribution in [2.75, 3.05) is 5.32 Å². The molecule has 0 aliphatic rings. The van der Waals surface area contributed by atoms with Crippen molar-refractivity contribution in [3.63, 3.8) is 0 Å². The Labute approximate surface area is 92.7 Å². The van der Waals surface area contributed by atoms with Gasteiger partial charge in [-0.15, -0.1) is 0 Å². The van der Waals surface area contributed by atoms with Crippen molar-refractivity contribution < 1.29 is 9.18 Å². The van der Waals surface area contributed by atoms with Crippen LogP contribution in [0.1, 0.15) is 10.4 Å². The van der Waals surface area contributed by atoms with E-state index in [4.69, 9.17) is 0 Å². The molecule has 0 saturated carbocycles. The number of carbonyl (C=O) groups is 1. The van der Waals surface area contributed by atoms with Crippen LogP contribution in [0, 0.1) is 11.9 Å². The van der Waals surface area contributed by atoms with E-state index in [9.17, 15) is 9.18 Å². The van der Waals surface area contributed by atoms with Crippen LogP contribution < -0.4 is 5.32 Å². The van der Waals surface area contributed by atoms with Crippen molar-refractivity contribution in [1.29, 1.82) is 0 Å². The van der Waals surface area contributed by atoms with Gasteiger partial charge in [0.05, 0.1) is 5.56 Å². The summed E-state index contributed by atoms with van der Waals surface area (Å²) in [6.45, 7) is 0. The highest BCUT2D eigenvalue weighted by Crippen LogP contribution is 2.10. The Bertz CT molecular complexity index is 496. The fourth-order valence-corrected chi connectivity index (χ4v) is 1.31. The smallest absolute Gasteiger partial charge is 0.258 e. The summed E-state index contributed by atoms with van der Waals surface area (Å²) < 4.78 is 13.3. The molecule has 0 atom stereocenters. The highest BCUT2D eigenvalue weighted by molar-refractivity contribution is 6.04. The number of hydrogen-bond donors (Lipinski definition) is 1. The minimum Gasteiger partial charge on any atom is -0.322 e. The van der Waals surface area contributed by atoms with Crippen LogP contribution in [0.25, 0.3) is 0 Å². The number of amides is 1. The van der Waals surface area contributed by atoms with Crippen LogP contribution in [-0.4, -0.2) is 5.91 Å². The lowest BCUT2D eigenvalue weighted by molar-refractivity contribution is 0.102. The summed E-state index contributed by atoms with van der Waals surface area (Å²) in [6, 6.07) is 15.5. The fraction of sp³-hybridized carbons (Fsp3) is 0. The van der Waals surface area contributed by atoms with Crippen LogP contribution in [0.4, 0.5) is 10.1 Å². The van der Waals surface area contributed by atoms with Gasteiger partial charge in [-0.3, -0.25) is 4.79 Å². The van der Waals surface area contributed by atoms with E-state index in [1.54, 1.807) is 24.3 Å². The van der Waals surface area contributed by atoms with Gasteiger partial charge in [0.15, 0.2) is 0 Å². The first-order chi connectivity index (χ1) is 7.77. The van der Waals surface area contributed by atoms with Gasteiger partial charge >= 0.3 is 0 Å². The number of nitrogens with one attached hydrogen (secondary N) is 1. The van der Waals surface area contributed by atoms with E-state index < -0.39 is 11.7 Å². The van der Waals surface area contributed by atoms with Crippen molar-refractivity contribution in [3.8, 4) is 0 Å². The third kappa shape index (κ3) is 2.25. The minimum atomic E-state index is -0.549. The lowest BCUT2D eigenvalue weighted by Crippen LogP contribution is -2.13. The first-order valence-corrected chi connectivity index (χ1v) is 4.79. The summed E-state index contributed by atoms with van der Waals surface area (Å²) in [5.74, 6) is -1.02. The van der Waals surface area contributed by atoms with E-state index in [1.165, 1.54) is 18.2 Å². The molecule has 0 aliphatic heterocycles. The van der Waals surface area contributed by atoms with E-state index in [0.717, 1.165) is 0 Å². The van der Waals surface area contributed by atoms with Crippen molar-refractivity contribution in [2.45, 2.75) is 0 Å². The molecule has 0 saturated heterocycles. The van der Waals surface area contributed by atoms with E-state index in [0.29, 0.717) is 5.69 Å². The van der Waals surface area contributed by atoms with E-state index in [2.05, 4.69) is 11.4 Å². The number of halogens is 1. The maximum atomic E-state index is 13.3. The van der Waals surface area contributed by atoms with Gasteiger partial charge in [0.25, 0.3) is 5.91 Å². The van der Waals surface area contributed by atoms with Gasteiger partial charge in [0.2, 0.25) is 0 Å². The average molecular weight is 214 g/mol. The number of carbonyl (C=O) groups excluding carboxylic acids is 1. The lowest BCUT2D eigenvalue weighted by Gasteiger charge is -2.05. The van der Waals surface area contributed by atoms with E-state index in [1.807, 2.05) is 6.07 Å². The summed E-state index contributed by atoms with van der Waals surface area (Å²) >= 11 is 0. The molecule has 1 radical (unpaired) electrons. The molecule has 2 aromatic rings. The molecule has 2 nitrogen and oxygen atoms in total. The van der Waals surface area contributed by atoms with Crippen LogP contribution in [-0.2, 0) is 0 Å². The van der Waals surface area contributed by atoms with Crippen molar-refractivity contribution in [3.05, 3.63) is 66.0 Å². The second-order valence-electron chi connectivity index (χ2n) is 3.23. The number of hydrogen-bond acceptors (Lipinski definition) is 1. The van der Waals surface area contributed by atoms with Crippen molar-refractivity contribution in [1.82, 2.24) is 0 Å². The molecule has 1 amide bonds. The second-order valence-corrected chi connectivity index (χ2v) is 3.23. The van der Waals surface area contributed by atoms with Crippen LogP contribution in [0.5, 0.6) is 0 Å². The first kappa shape index (κ1) is 10.4. The predicted octanol–water partition coefficient (Wildman–Crippen LogP) is 2.88. The molecule has 0 fully saturated rings. The minimum absolute atomic E-state index is 0.00801. The number of benzene rings is 2. The molecule has 0 aromatic heterocycles. The third-order valence-corrected chi connectivity index (χ3v) is 2.09. The van der Waals surface area contributed by atoms with Crippen molar-refractivity contribution in [2.24, 2.45) is 0 Å². The summed E-state index contributed by atoms with van der Waals surface area (Å²) in [5.41, 5.74) is 0.627. The Balaban J connectivity index is 2.19. The van der Waals surface area contributed by atoms with Crippen molar-refractivity contribution >= 4 is 11.6 Å². The SMILES string of the molecule is O=C(Nc1ccccc1)c1c[c]ccc1F. The Hall–Kier alpha value is -2.16. The molecular formula is C13H9FNO. The van der Waals surface area contributed by atoms with E-state index >= 15 is 0 Å². The largest absolute Gasteiger partial charge is 0.322 e. The first-order valence-electron chi connectivity index (χ1n) is 4.79. The zero-order valence-corrected chi connectivity index (χ0v) is 8.41. The molecule has 0 aliphatic carbocycles. The monoisotopic (exact) mass is 214 g/mol. The Morgan fingerprint density at radius 3 is 2.62 bits per heavy atom. The van der Waals surface area contributed by atoms with E-state index in [-0.39, 0.29) is 5.56 Å². The summed E-state index contributed by atoms with van der Waals surface area (Å²) in [4.78, 5) is 11.7. The van der Waals surface area contributed by atoms with Gasteiger partial charge < -0.3 is 5.32 Å². The van der Waals surface area contributed by atoms with Crippen LogP contribution in [0.2, 0.25) is 0 Å². The molecular weight excluding hydrogens is 205 g/mol. The molecule has 0 bridgehead atoms. The van der Waals surface area contributed by atoms with Gasteiger partial charge in [-0.05, 0) is 30.3 Å². The highest BCUT2D eigenvalue weighted by atomic mass is 19.1. The lowest BCUT2D eigenvalue weighted by atomic mass is 10.2. The summed E-state index contributed by atoms with van der Waals surface area (Å²) in [7, 11) is 0. The Kier molecular flexibility index (Phi) is 2.96. The second kappa shape index (κ2) is 4.57. The zero-order chi connectivity index (χ0) is 11.4. The fourth-order valence-electron chi connectivity index (χ4n) is 1.31. The average Bonchev–Trinajstić information content (AvgIpc) is 2.31. The topological polar surface area (TPSA) is 29.1 Å². The predicted molar refractivity (Wildman–Crippen MR) is 59.6 cm³/mol. The summed E-state index contributed by atoms with van der Waals surface area (Å²) in [5, 5.41) is 2.60. The molecule has 0 spiro atoms. The number of anilines is 1. The zero-order valence-electron chi connectivity index (χ0n) is 8.41. The van der Waals surface area contributed by atoms with Gasteiger partial charge in [0.1, 0.15) is 5.82 Å². The molecule has 2 aromatic carbocycles. The molecule has 16 heavy (non-hydrogen) atoms. The van der Waals surface area contributed by atoms with Gasteiger partial charge in [0, 0.05) is 5.69 Å². The molecule has 0 heterocycles. The van der Waals surface area contributed by atoms with Gasteiger partial charge in [-0.2, -0.15) is 0 Å². The maximum absolute atomic E-state index is 13.3. The van der Waals surface area contributed by atoms with Gasteiger partial charge in [-0.1, -0.05) is 24.3 Å². The molecule has 1 N–H and O–H groups in total. The van der Waals surface area contributed by atoms with Gasteiger partial charge in [-0.25, -0.2) is 4.39 Å². The molecule has 3 heteroatoms. The molecule has 0 unspecified atom stereocenters. The standard InChI is InChI=1S/C13H9FNO/c14-12-9-5-4-8-11(12)13(16)15-10-6-2-1-3-7-10/h1-3,5-9H,(H,15,16). The molecule has 79 valence electrons. The third-order valence-electron chi connectivity index (χ3n) is 2.09. The van der Waals surface area contributed by atoms with Crippen LogP contribution in [0.3, 0.4) is 0 Å². The number of para-hydroxylation sites is 1. The maximum Gasteiger partial charge on any atom is 0.258 e. The Morgan fingerprint density at radius 2 is 1.94 bits per heavy atom. The normalized spacial score (nSPS) is 9.81.